The minimum Gasteiger partial charge on any atom is -0.504 e. The van der Waals surface area contributed by atoms with Crippen LogP contribution in [-0.4, -0.2) is 34.4 Å². The number of phenols is 1. The second kappa shape index (κ2) is 8.37. The summed E-state index contributed by atoms with van der Waals surface area (Å²) in [4.78, 5) is 20.0. The van der Waals surface area contributed by atoms with Crippen molar-refractivity contribution in [3.05, 3.63) is 70.6 Å². The summed E-state index contributed by atoms with van der Waals surface area (Å²) in [7, 11) is 2.93. The van der Waals surface area contributed by atoms with Gasteiger partial charge in [0.15, 0.2) is 17.3 Å². The van der Waals surface area contributed by atoms with E-state index in [9.17, 15) is 15.0 Å². The molecule has 0 amide bonds. The zero-order valence-electron chi connectivity index (χ0n) is 16.9. The first-order chi connectivity index (χ1) is 15.0. The van der Waals surface area contributed by atoms with Crippen molar-refractivity contribution in [3.8, 4) is 51.3 Å². The van der Waals surface area contributed by atoms with E-state index in [0.29, 0.717) is 17.1 Å². The number of H-pyrrole nitrogens is 1. The average Bonchev–Trinajstić information content (AvgIpc) is 3.22. The van der Waals surface area contributed by atoms with Gasteiger partial charge in [0.25, 0.3) is 0 Å². The lowest BCUT2D eigenvalue weighted by atomic mass is 10.1. The predicted molar refractivity (Wildman–Crippen MR) is 114 cm³/mol. The quantitative estimate of drug-likeness (QED) is 0.432. The topological polar surface area (TPSA) is 118 Å². The molecule has 4 rings (SSSR count). The Balaban J connectivity index is 1.98. The largest absolute Gasteiger partial charge is 0.504 e. The van der Waals surface area contributed by atoms with Gasteiger partial charge in [-0.1, -0.05) is 36.4 Å². The third kappa shape index (κ3) is 3.76. The summed E-state index contributed by atoms with van der Waals surface area (Å²) in [6, 6.07) is 15.4. The molecule has 4 aromatic rings. The standard InChI is InChI=1S/C23H20N2O6/c1-29-12-14-11-16(26)21(28)22(31-14)19-18(13-7-4-3-5-8-13)24-23(25-19)15-9-6-10-17(30-2)20(15)27/h3-11,27-28H,12H2,1-2H3,(H,24,25). The second-order valence-electron chi connectivity index (χ2n) is 6.72. The van der Waals surface area contributed by atoms with Crippen molar-refractivity contribution in [1.29, 1.82) is 0 Å². The number of phenolic OH excluding ortho intramolecular Hbond substituents is 1. The molecule has 8 heteroatoms. The second-order valence-corrected chi connectivity index (χ2v) is 6.72. The summed E-state index contributed by atoms with van der Waals surface area (Å²) in [6.07, 6.45) is 0. The fourth-order valence-corrected chi connectivity index (χ4v) is 3.27. The van der Waals surface area contributed by atoms with Crippen LogP contribution >= 0.6 is 0 Å². The monoisotopic (exact) mass is 420 g/mol. The molecule has 2 aromatic carbocycles. The van der Waals surface area contributed by atoms with Crippen molar-refractivity contribution in [2.75, 3.05) is 14.2 Å². The summed E-state index contributed by atoms with van der Waals surface area (Å²) >= 11 is 0. The van der Waals surface area contributed by atoms with E-state index in [0.717, 1.165) is 5.56 Å². The first kappa shape index (κ1) is 20.2. The van der Waals surface area contributed by atoms with Crippen LogP contribution in [0.3, 0.4) is 0 Å². The van der Waals surface area contributed by atoms with Gasteiger partial charge in [-0.15, -0.1) is 0 Å². The highest BCUT2D eigenvalue weighted by Gasteiger charge is 2.23. The number of aromatic hydroxyl groups is 2. The molecule has 0 saturated heterocycles. The minimum atomic E-state index is -0.604. The maximum Gasteiger partial charge on any atom is 0.227 e. The molecule has 2 heterocycles. The van der Waals surface area contributed by atoms with Crippen LogP contribution < -0.4 is 10.2 Å². The summed E-state index contributed by atoms with van der Waals surface area (Å²) in [5, 5.41) is 21.0. The molecule has 0 atom stereocenters. The molecule has 0 aliphatic carbocycles. The number of ether oxygens (including phenoxy) is 2. The van der Waals surface area contributed by atoms with Gasteiger partial charge in [-0.25, -0.2) is 4.98 Å². The number of hydrogen-bond donors (Lipinski definition) is 3. The fourth-order valence-electron chi connectivity index (χ4n) is 3.27. The molecule has 31 heavy (non-hydrogen) atoms. The van der Waals surface area contributed by atoms with Crippen LogP contribution in [0, 0.1) is 0 Å². The van der Waals surface area contributed by atoms with E-state index in [4.69, 9.17) is 13.9 Å². The number of benzene rings is 2. The molecule has 0 spiro atoms. The Kier molecular flexibility index (Phi) is 5.46. The Labute approximate surface area is 177 Å². The van der Waals surface area contributed by atoms with Gasteiger partial charge in [0.2, 0.25) is 11.2 Å². The summed E-state index contributed by atoms with van der Waals surface area (Å²) in [5.41, 5.74) is 1.23. The van der Waals surface area contributed by atoms with Crippen LogP contribution in [0.15, 0.2) is 63.8 Å². The van der Waals surface area contributed by atoms with Gasteiger partial charge >= 0.3 is 0 Å². The van der Waals surface area contributed by atoms with Crippen molar-refractivity contribution in [2.45, 2.75) is 6.61 Å². The molecule has 2 aromatic heterocycles. The van der Waals surface area contributed by atoms with Gasteiger partial charge in [0.1, 0.15) is 29.6 Å². The Morgan fingerprint density at radius 1 is 1.03 bits per heavy atom. The molecular weight excluding hydrogens is 400 g/mol. The number of aromatic nitrogens is 2. The number of hydrogen-bond acceptors (Lipinski definition) is 7. The van der Waals surface area contributed by atoms with Crippen molar-refractivity contribution < 1.29 is 24.1 Å². The van der Waals surface area contributed by atoms with E-state index >= 15 is 0 Å². The Morgan fingerprint density at radius 3 is 2.52 bits per heavy atom. The van der Waals surface area contributed by atoms with Crippen molar-refractivity contribution in [2.24, 2.45) is 0 Å². The molecule has 158 valence electrons. The van der Waals surface area contributed by atoms with Crippen LogP contribution in [0.5, 0.6) is 17.2 Å². The average molecular weight is 420 g/mol. The fraction of sp³-hybridized carbons (Fsp3) is 0.130. The highest BCUT2D eigenvalue weighted by atomic mass is 16.5. The zero-order valence-corrected chi connectivity index (χ0v) is 16.9. The van der Waals surface area contributed by atoms with Gasteiger partial charge in [-0.2, -0.15) is 0 Å². The molecule has 0 bridgehead atoms. The van der Waals surface area contributed by atoms with Crippen LogP contribution in [0.1, 0.15) is 5.76 Å². The lowest BCUT2D eigenvalue weighted by Crippen LogP contribution is -2.04. The van der Waals surface area contributed by atoms with Gasteiger partial charge in [-0.05, 0) is 12.1 Å². The van der Waals surface area contributed by atoms with Crippen LogP contribution in [0.25, 0.3) is 34.1 Å². The van der Waals surface area contributed by atoms with Gasteiger partial charge in [-0.3, -0.25) is 4.79 Å². The van der Waals surface area contributed by atoms with Gasteiger partial charge < -0.3 is 29.1 Å². The third-order valence-electron chi connectivity index (χ3n) is 4.71. The lowest BCUT2D eigenvalue weighted by molar-refractivity contribution is 0.162. The van der Waals surface area contributed by atoms with E-state index in [1.165, 1.54) is 20.3 Å². The van der Waals surface area contributed by atoms with Crippen LogP contribution in [0.4, 0.5) is 0 Å². The Bertz CT molecular complexity index is 1280. The molecule has 0 saturated carbocycles. The number of rotatable bonds is 6. The molecule has 0 fully saturated rings. The lowest BCUT2D eigenvalue weighted by Gasteiger charge is -2.07. The number of aromatic amines is 1. The first-order valence-electron chi connectivity index (χ1n) is 9.40. The summed E-state index contributed by atoms with van der Waals surface area (Å²) < 4.78 is 16.0. The molecule has 0 aliphatic rings. The number of nitrogens with zero attached hydrogens (tertiary/aromatic N) is 1. The maximum absolute atomic E-state index is 12.3. The maximum atomic E-state index is 12.3. The van der Waals surface area contributed by atoms with E-state index in [-0.39, 0.29) is 35.3 Å². The SMILES string of the molecule is COCc1cc(=O)c(O)c(-c2[nH]c(-c3cccc(OC)c3O)nc2-c2ccccc2)o1. The number of para-hydroxylation sites is 1. The molecule has 0 radical (unpaired) electrons. The summed E-state index contributed by atoms with van der Waals surface area (Å²) in [5.74, 6) is 0.127. The highest BCUT2D eigenvalue weighted by molar-refractivity contribution is 5.82. The van der Waals surface area contributed by atoms with E-state index in [1.807, 2.05) is 30.3 Å². The molecule has 0 unspecified atom stereocenters. The first-order valence-corrected chi connectivity index (χ1v) is 9.40. The van der Waals surface area contributed by atoms with E-state index in [1.54, 1.807) is 18.2 Å². The molecule has 0 aliphatic heterocycles. The van der Waals surface area contributed by atoms with Crippen LogP contribution in [-0.2, 0) is 11.3 Å². The normalized spacial score (nSPS) is 10.9. The molecular formula is C23H20N2O6. The smallest absolute Gasteiger partial charge is 0.227 e. The van der Waals surface area contributed by atoms with E-state index < -0.39 is 11.2 Å². The number of methoxy groups -OCH3 is 2. The summed E-state index contributed by atoms with van der Waals surface area (Å²) in [6.45, 7) is 0.0564. The number of imidazole rings is 1. The minimum absolute atomic E-state index is 0.0564. The van der Waals surface area contributed by atoms with E-state index in [2.05, 4.69) is 9.97 Å². The zero-order chi connectivity index (χ0) is 22.0. The highest BCUT2D eigenvalue weighted by Crippen LogP contribution is 2.40. The predicted octanol–water partition coefficient (Wildman–Crippen LogP) is 3.93. The Morgan fingerprint density at radius 2 is 1.81 bits per heavy atom. The number of nitrogens with one attached hydrogen (secondary N) is 1. The van der Waals surface area contributed by atoms with Crippen molar-refractivity contribution in [1.82, 2.24) is 9.97 Å². The third-order valence-corrected chi connectivity index (χ3v) is 4.71. The van der Waals surface area contributed by atoms with Gasteiger partial charge in [0.05, 0.1) is 12.7 Å². The van der Waals surface area contributed by atoms with Gasteiger partial charge in [0, 0.05) is 18.7 Å². The van der Waals surface area contributed by atoms with Crippen molar-refractivity contribution >= 4 is 0 Å². The van der Waals surface area contributed by atoms with Crippen molar-refractivity contribution in [3.63, 3.8) is 0 Å². The molecule has 8 nitrogen and oxygen atoms in total. The molecule has 3 N–H and O–H groups in total. The Hall–Kier alpha value is -4.04. The van der Waals surface area contributed by atoms with Crippen LogP contribution in [0.2, 0.25) is 0 Å².